The van der Waals surface area contributed by atoms with E-state index in [1.54, 1.807) is 31.2 Å². The fourth-order valence-electron chi connectivity index (χ4n) is 2.86. The van der Waals surface area contributed by atoms with Crippen molar-refractivity contribution in [1.29, 1.82) is 0 Å². The van der Waals surface area contributed by atoms with E-state index in [1.807, 2.05) is 13.0 Å². The van der Waals surface area contributed by atoms with Crippen molar-refractivity contribution in [1.82, 2.24) is 9.55 Å². The average Bonchev–Trinajstić information content (AvgIpc) is 2.97. The van der Waals surface area contributed by atoms with Gasteiger partial charge in [0.2, 0.25) is 0 Å². The Morgan fingerprint density at radius 1 is 1.32 bits per heavy atom. The Balaban J connectivity index is 1.66. The van der Waals surface area contributed by atoms with Gasteiger partial charge in [-0.3, -0.25) is 14.3 Å². The van der Waals surface area contributed by atoms with Gasteiger partial charge in [0.05, 0.1) is 11.7 Å². The number of aromatic amines is 1. The molecule has 0 amide bonds. The Hall–Kier alpha value is -2.67. The molecule has 1 aromatic heterocycles. The van der Waals surface area contributed by atoms with Crippen molar-refractivity contribution >= 4 is 5.97 Å². The predicted molar refractivity (Wildman–Crippen MR) is 90.5 cm³/mol. The van der Waals surface area contributed by atoms with Crippen LogP contribution >= 0.6 is 0 Å². The number of aryl methyl sites for hydroxylation is 1. The number of carbonyl (C=O) groups is 1. The first-order chi connectivity index (χ1) is 12.0. The standard InChI is InChI=1S/C18H20N2O5/c1-11-8-15(20-9-12(2)16(21)19-18(20)23)25-14(11)10-24-17(22)13-6-4-3-5-7-13/h3-7,9,11,14-15H,8,10H2,1-2H3,(H,19,21,23)/t11-,14-,15+/m1/s1. The van der Waals surface area contributed by atoms with Gasteiger partial charge in [0.25, 0.3) is 5.56 Å². The number of nitrogens with zero attached hydrogens (tertiary/aromatic N) is 1. The van der Waals surface area contributed by atoms with E-state index in [0.717, 1.165) is 0 Å². The lowest BCUT2D eigenvalue weighted by Gasteiger charge is -2.17. The van der Waals surface area contributed by atoms with Crippen LogP contribution in [0.15, 0.2) is 46.1 Å². The first kappa shape index (κ1) is 17.2. The van der Waals surface area contributed by atoms with E-state index in [2.05, 4.69) is 4.98 Å². The van der Waals surface area contributed by atoms with Crippen LogP contribution in [-0.2, 0) is 9.47 Å². The maximum absolute atomic E-state index is 12.0. The predicted octanol–water partition coefficient (Wildman–Crippen LogP) is 1.63. The monoisotopic (exact) mass is 344 g/mol. The highest BCUT2D eigenvalue weighted by molar-refractivity contribution is 5.89. The summed E-state index contributed by atoms with van der Waals surface area (Å²) in [6.45, 7) is 3.72. The van der Waals surface area contributed by atoms with Gasteiger partial charge in [-0.05, 0) is 31.4 Å². The fraction of sp³-hybridized carbons (Fsp3) is 0.389. The summed E-state index contributed by atoms with van der Waals surface area (Å²) in [6, 6.07) is 8.74. The molecule has 0 unspecified atom stereocenters. The average molecular weight is 344 g/mol. The largest absolute Gasteiger partial charge is 0.459 e. The third kappa shape index (κ3) is 3.71. The van der Waals surface area contributed by atoms with E-state index in [9.17, 15) is 14.4 Å². The van der Waals surface area contributed by atoms with Crippen LogP contribution in [0.5, 0.6) is 0 Å². The van der Waals surface area contributed by atoms with Gasteiger partial charge in [-0.2, -0.15) is 0 Å². The quantitative estimate of drug-likeness (QED) is 0.851. The SMILES string of the molecule is Cc1cn([C@@H]2C[C@@H](C)[C@@H](COC(=O)c3ccccc3)O2)c(=O)[nH]c1=O. The van der Waals surface area contributed by atoms with Crippen molar-refractivity contribution in [3.05, 3.63) is 68.5 Å². The minimum Gasteiger partial charge on any atom is -0.459 e. The zero-order chi connectivity index (χ0) is 18.0. The van der Waals surface area contributed by atoms with E-state index in [-0.39, 0.29) is 18.6 Å². The first-order valence-electron chi connectivity index (χ1n) is 8.15. The van der Waals surface area contributed by atoms with Gasteiger partial charge >= 0.3 is 11.7 Å². The summed E-state index contributed by atoms with van der Waals surface area (Å²) in [7, 11) is 0. The Morgan fingerprint density at radius 3 is 2.76 bits per heavy atom. The number of aromatic nitrogens is 2. The molecule has 1 N–H and O–H groups in total. The van der Waals surface area contributed by atoms with Crippen LogP contribution < -0.4 is 11.2 Å². The highest BCUT2D eigenvalue weighted by atomic mass is 16.6. The number of ether oxygens (including phenoxy) is 2. The fourth-order valence-corrected chi connectivity index (χ4v) is 2.86. The van der Waals surface area contributed by atoms with Gasteiger partial charge in [0, 0.05) is 11.8 Å². The van der Waals surface area contributed by atoms with E-state index >= 15 is 0 Å². The van der Waals surface area contributed by atoms with Crippen LogP contribution in [0.4, 0.5) is 0 Å². The number of nitrogens with one attached hydrogen (secondary N) is 1. The van der Waals surface area contributed by atoms with E-state index < -0.39 is 23.4 Å². The Bertz CT molecular complexity index is 871. The van der Waals surface area contributed by atoms with Gasteiger partial charge in [-0.25, -0.2) is 9.59 Å². The molecule has 0 spiro atoms. The molecule has 132 valence electrons. The normalized spacial score (nSPS) is 22.7. The van der Waals surface area contributed by atoms with E-state index in [4.69, 9.17) is 9.47 Å². The van der Waals surface area contributed by atoms with Crippen molar-refractivity contribution in [3.8, 4) is 0 Å². The van der Waals surface area contributed by atoms with Crippen LogP contribution in [0.1, 0.15) is 35.5 Å². The summed E-state index contributed by atoms with van der Waals surface area (Å²) >= 11 is 0. The molecule has 0 bridgehead atoms. The van der Waals surface area contributed by atoms with Gasteiger partial charge in [0.15, 0.2) is 0 Å². The summed E-state index contributed by atoms with van der Waals surface area (Å²) in [5.41, 5.74) is 0.0161. The van der Waals surface area contributed by atoms with Gasteiger partial charge in [-0.1, -0.05) is 25.1 Å². The molecule has 2 heterocycles. The first-order valence-corrected chi connectivity index (χ1v) is 8.15. The Labute approximate surface area is 144 Å². The maximum atomic E-state index is 12.0. The number of hydrogen-bond donors (Lipinski definition) is 1. The summed E-state index contributed by atoms with van der Waals surface area (Å²) in [5, 5.41) is 0. The number of hydrogen-bond acceptors (Lipinski definition) is 5. The smallest absolute Gasteiger partial charge is 0.338 e. The second-order valence-electron chi connectivity index (χ2n) is 6.29. The van der Waals surface area contributed by atoms with Crippen molar-refractivity contribution in [2.45, 2.75) is 32.6 Å². The van der Waals surface area contributed by atoms with Crippen LogP contribution in [0.2, 0.25) is 0 Å². The Morgan fingerprint density at radius 2 is 2.04 bits per heavy atom. The van der Waals surface area contributed by atoms with E-state index in [0.29, 0.717) is 17.5 Å². The molecule has 0 aliphatic carbocycles. The molecule has 3 atom stereocenters. The number of esters is 1. The van der Waals surface area contributed by atoms with Crippen molar-refractivity contribution < 1.29 is 14.3 Å². The van der Waals surface area contributed by atoms with Crippen molar-refractivity contribution in [2.75, 3.05) is 6.61 Å². The van der Waals surface area contributed by atoms with Gasteiger partial charge in [0.1, 0.15) is 12.8 Å². The summed E-state index contributed by atoms with van der Waals surface area (Å²) in [5.74, 6) is -0.301. The molecule has 1 fully saturated rings. The highest BCUT2D eigenvalue weighted by Gasteiger charge is 2.34. The summed E-state index contributed by atoms with van der Waals surface area (Å²) in [4.78, 5) is 37.8. The molecular weight excluding hydrogens is 324 g/mol. The number of H-pyrrole nitrogens is 1. The van der Waals surface area contributed by atoms with Crippen molar-refractivity contribution in [3.63, 3.8) is 0 Å². The lowest BCUT2D eigenvalue weighted by atomic mass is 10.0. The molecule has 2 aromatic rings. The third-order valence-corrected chi connectivity index (χ3v) is 4.38. The number of rotatable bonds is 4. The molecule has 1 aliphatic heterocycles. The van der Waals surface area contributed by atoms with Crippen LogP contribution in [0.25, 0.3) is 0 Å². The van der Waals surface area contributed by atoms with E-state index in [1.165, 1.54) is 10.8 Å². The highest BCUT2D eigenvalue weighted by Crippen LogP contribution is 2.32. The molecule has 1 saturated heterocycles. The summed E-state index contributed by atoms with van der Waals surface area (Å²) < 4.78 is 12.6. The summed E-state index contributed by atoms with van der Waals surface area (Å²) in [6.07, 6.45) is 1.30. The second kappa shape index (κ2) is 7.06. The molecule has 3 rings (SSSR count). The van der Waals surface area contributed by atoms with Crippen LogP contribution in [-0.4, -0.2) is 28.2 Å². The van der Waals surface area contributed by atoms with Crippen LogP contribution in [0.3, 0.4) is 0 Å². The zero-order valence-electron chi connectivity index (χ0n) is 14.1. The number of benzene rings is 1. The van der Waals surface area contributed by atoms with Gasteiger partial charge < -0.3 is 9.47 Å². The molecule has 25 heavy (non-hydrogen) atoms. The molecule has 1 aliphatic rings. The minimum absolute atomic E-state index is 0.104. The molecular formula is C18H20N2O5. The topological polar surface area (TPSA) is 90.4 Å². The second-order valence-corrected chi connectivity index (χ2v) is 6.29. The molecule has 1 aromatic carbocycles. The third-order valence-electron chi connectivity index (χ3n) is 4.38. The Kier molecular flexibility index (Phi) is 4.85. The molecule has 7 nitrogen and oxygen atoms in total. The molecule has 7 heteroatoms. The van der Waals surface area contributed by atoms with Crippen molar-refractivity contribution in [2.24, 2.45) is 5.92 Å². The van der Waals surface area contributed by atoms with Gasteiger partial charge in [-0.15, -0.1) is 0 Å². The molecule has 0 radical (unpaired) electrons. The lowest BCUT2D eigenvalue weighted by Crippen LogP contribution is -2.33. The lowest BCUT2D eigenvalue weighted by molar-refractivity contribution is -0.0402. The van der Waals surface area contributed by atoms with Crippen LogP contribution in [0, 0.1) is 12.8 Å². The zero-order valence-corrected chi connectivity index (χ0v) is 14.1. The number of carbonyl (C=O) groups excluding carboxylic acids is 1. The minimum atomic E-state index is -0.505. The maximum Gasteiger partial charge on any atom is 0.338 e. The molecule has 0 saturated carbocycles.